The van der Waals surface area contributed by atoms with Gasteiger partial charge in [0.25, 0.3) is 5.91 Å². The summed E-state index contributed by atoms with van der Waals surface area (Å²) in [5, 5.41) is 9.79. The van der Waals surface area contributed by atoms with Gasteiger partial charge in [-0.25, -0.2) is 9.79 Å². The number of anilines is 1. The van der Waals surface area contributed by atoms with Crippen LogP contribution in [0.2, 0.25) is 0 Å². The van der Waals surface area contributed by atoms with Gasteiger partial charge in [0.1, 0.15) is 12.4 Å². The summed E-state index contributed by atoms with van der Waals surface area (Å²) in [5.41, 5.74) is 4.36. The van der Waals surface area contributed by atoms with E-state index in [1.165, 1.54) is 29.5 Å². The SMILES string of the molecule is Cc1ccc(COc2cccc(/C=C3\SC(=Nc4cccc(C(=O)O)c4)N(c4ccccc4)C3=O)c2)cc1. The zero-order valence-corrected chi connectivity index (χ0v) is 21.4. The lowest BCUT2D eigenvalue weighted by atomic mass is 10.1. The van der Waals surface area contributed by atoms with E-state index in [9.17, 15) is 14.7 Å². The first kappa shape index (κ1) is 25.0. The second-order valence-electron chi connectivity index (χ2n) is 8.68. The number of hydrogen-bond donors (Lipinski definition) is 1. The molecule has 1 heterocycles. The number of thioether (sulfide) groups is 1. The van der Waals surface area contributed by atoms with E-state index in [0.29, 0.717) is 33.8 Å². The summed E-state index contributed by atoms with van der Waals surface area (Å²) < 4.78 is 5.98. The van der Waals surface area contributed by atoms with Crippen molar-refractivity contribution in [2.45, 2.75) is 13.5 Å². The zero-order valence-electron chi connectivity index (χ0n) is 20.6. The average Bonchev–Trinajstić information content (AvgIpc) is 3.23. The van der Waals surface area contributed by atoms with Crippen LogP contribution in [-0.4, -0.2) is 22.2 Å². The predicted molar refractivity (Wildman–Crippen MR) is 152 cm³/mol. The van der Waals surface area contributed by atoms with Crippen molar-refractivity contribution in [3.63, 3.8) is 0 Å². The second kappa shape index (κ2) is 11.2. The maximum Gasteiger partial charge on any atom is 0.335 e. The number of amides is 1. The number of carboxylic acids is 1. The Hall–Kier alpha value is -4.62. The van der Waals surface area contributed by atoms with Crippen LogP contribution in [0.15, 0.2) is 113 Å². The van der Waals surface area contributed by atoms with Gasteiger partial charge in [-0.15, -0.1) is 0 Å². The first-order chi connectivity index (χ1) is 18.5. The van der Waals surface area contributed by atoms with Crippen LogP contribution < -0.4 is 9.64 Å². The molecule has 188 valence electrons. The Labute approximate surface area is 224 Å². The van der Waals surface area contributed by atoms with Gasteiger partial charge in [-0.2, -0.15) is 0 Å². The molecule has 4 aromatic rings. The van der Waals surface area contributed by atoms with E-state index in [0.717, 1.165) is 11.1 Å². The highest BCUT2D eigenvalue weighted by atomic mass is 32.2. The number of aryl methyl sites for hydroxylation is 1. The molecule has 0 aromatic heterocycles. The van der Waals surface area contributed by atoms with Crippen LogP contribution in [0.4, 0.5) is 11.4 Å². The van der Waals surface area contributed by atoms with E-state index in [2.05, 4.69) is 17.1 Å². The maximum atomic E-state index is 13.5. The van der Waals surface area contributed by atoms with E-state index in [4.69, 9.17) is 4.74 Å². The number of rotatable bonds is 7. The molecule has 1 aliphatic heterocycles. The van der Waals surface area contributed by atoms with Gasteiger partial charge in [-0.05, 0) is 78.4 Å². The van der Waals surface area contributed by atoms with Crippen LogP contribution in [0.3, 0.4) is 0 Å². The van der Waals surface area contributed by atoms with Gasteiger partial charge < -0.3 is 9.84 Å². The van der Waals surface area contributed by atoms with Crippen LogP contribution in [0.1, 0.15) is 27.0 Å². The molecular formula is C31H24N2O4S. The van der Waals surface area contributed by atoms with Crippen molar-refractivity contribution < 1.29 is 19.4 Å². The maximum absolute atomic E-state index is 13.5. The van der Waals surface area contributed by atoms with Crippen LogP contribution in [0.25, 0.3) is 6.08 Å². The summed E-state index contributed by atoms with van der Waals surface area (Å²) >= 11 is 1.24. The summed E-state index contributed by atoms with van der Waals surface area (Å²) in [6, 6.07) is 31.4. The van der Waals surface area contributed by atoms with Gasteiger partial charge in [-0.1, -0.05) is 66.2 Å². The lowest BCUT2D eigenvalue weighted by molar-refractivity contribution is -0.113. The molecule has 1 fully saturated rings. The molecule has 7 heteroatoms. The van der Waals surface area contributed by atoms with Gasteiger partial charge in [0.15, 0.2) is 5.17 Å². The van der Waals surface area contributed by atoms with Crippen LogP contribution in [0.5, 0.6) is 5.75 Å². The number of amidine groups is 1. The number of aliphatic imine (C=N–C) groups is 1. The molecule has 0 unspecified atom stereocenters. The number of carbonyl (C=O) groups is 2. The fraction of sp³-hybridized carbons (Fsp3) is 0.0645. The van der Waals surface area contributed by atoms with Crippen molar-refractivity contribution in [3.8, 4) is 5.75 Å². The molecule has 38 heavy (non-hydrogen) atoms. The van der Waals surface area contributed by atoms with Gasteiger partial charge in [0, 0.05) is 0 Å². The normalized spacial score (nSPS) is 15.3. The minimum atomic E-state index is -1.04. The molecule has 6 nitrogen and oxygen atoms in total. The Bertz CT molecular complexity index is 1550. The monoisotopic (exact) mass is 520 g/mol. The molecule has 0 saturated carbocycles. The van der Waals surface area contributed by atoms with Gasteiger partial charge in [-0.3, -0.25) is 9.69 Å². The number of benzene rings is 4. The molecule has 0 spiro atoms. The van der Waals surface area contributed by atoms with Crippen molar-refractivity contribution in [2.75, 3.05) is 4.90 Å². The van der Waals surface area contributed by atoms with Crippen molar-refractivity contribution in [3.05, 3.63) is 130 Å². The summed E-state index contributed by atoms with van der Waals surface area (Å²) in [6.45, 7) is 2.49. The second-order valence-corrected chi connectivity index (χ2v) is 9.69. The molecule has 1 saturated heterocycles. The molecule has 1 amide bonds. The number of ether oxygens (including phenoxy) is 1. The zero-order chi connectivity index (χ0) is 26.5. The molecule has 5 rings (SSSR count). The Morgan fingerprint density at radius 2 is 1.71 bits per heavy atom. The summed E-state index contributed by atoms with van der Waals surface area (Å²) in [4.78, 5) is 31.6. The lowest BCUT2D eigenvalue weighted by Crippen LogP contribution is -2.28. The minimum Gasteiger partial charge on any atom is -0.489 e. The van der Waals surface area contributed by atoms with Crippen molar-refractivity contribution in [1.82, 2.24) is 0 Å². The van der Waals surface area contributed by atoms with Crippen molar-refractivity contribution in [1.29, 1.82) is 0 Å². The van der Waals surface area contributed by atoms with E-state index in [1.807, 2.05) is 79.7 Å². The largest absolute Gasteiger partial charge is 0.489 e. The first-order valence-electron chi connectivity index (χ1n) is 12.0. The Morgan fingerprint density at radius 1 is 0.947 bits per heavy atom. The van der Waals surface area contributed by atoms with E-state index in [1.54, 1.807) is 17.0 Å². The fourth-order valence-corrected chi connectivity index (χ4v) is 4.87. The van der Waals surface area contributed by atoms with Crippen LogP contribution >= 0.6 is 11.8 Å². The highest BCUT2D eigenvalue weighted by Crippen LogP contribution is 2.37. The van der Waals surface area contributed by atoms with Gasteiger partial charge >= 0.3 is 5.97 Å². The average molecular weight is 521 g/mol. The quantitative estimate of drug-likeness (QED) is 0.263. The fourth-order valence-electron chi connectivity index (χ4n) is 3.87. The highest BCUT2D eigenvalue weighted by Gasteiger charge is 2.34. The van der Waals surface area contributed by atoms with E-state index < -0.39 is 5.97 Å². The van der Waals surface area contributed by atoms with E-state index in [-0.39, 0.29) is 11.5 Å². The first-order valence-corrected chi connectivity index (χ1v) is 12.8. The number of aromatic carboxylic acids is 1. The number of hydrogen-bond acceptors (Lipinski definition) is 5. The summed E-state index contributed by atoms with van der Waals surface area (Å²) in [7, 11) is 0. The Kier molecular flexibility index (Phi) is 7.38. The molecule has 0 bridgehead atoms. The molecule has 4 aromatic carbocycles. The third-order valence-electron chi connectivity index (χ3n) is 5.82. The lowest BCUT2D eigenvalue weighted by Gasteiger charge is -2.15. The van der Waals surface area contributed by atoms with Gasteiger partial charge in [0.05, 0.1) is 21.8 Å². The molecular weight excluding hydrogens is 496 g/mol. The minimum absolute atomic E-state index is 0.130. The standard InChI is InChI=1S/C31H24N2O4S/c1-21-13-15-22(16-14-21)20-37-27-12-5-7-23(17-27)18-28-29(34)33(26-10-3-2-4-11-26)31(38-28)32-25-9-6-8-24(19-25)30(35)36/h2-19H,20H2,1H3,(H,35,36)/b28-18-,32-31?. The Morgan fingerprint density at radius 3 is 2.47 bits per heavy atom. The molecule has 0 radical (unpaired) electrons. The smallest absolute Gasteiger partial charge is 0.335 e. The highest BCUT2D eigenvalue weighted by molar-refractivity contribution is 8.19. The molecule has 1 N–H and O–H groups in total. The topological polar surface area (TPSA) is 79.2 Å². The molecule has 1 aliphatic rings. The predicted octanol–water partition coefficient (Wildman–Crippen LogP) is 7.08. The number of carbonyl (C=O) groups excluding carboxylic acids is 1. The Balaban J connectivity index is 1.43. The van der Waals surface area contributed by atoms with Crippen LogP contribution in [0, 0.1) is 6.92 Å². The molecule has 0 aliphatic carbocycles. The number of nitrogens with zero attached hydrogens (tertiary/aromatic N) is 2. The summed E-state index contributed by atoms with van der Waals surface area (Å²) in [5.74, 6) is -0.540. The van der Waals surface area contributed by atoms with Crippen molar-refractivity contribution >= 4 is 46.3 Å². The molecule has 0 atom stereocenters. The van der Waals surface area contributed by atoms with E-state index >= 15 is 0 Å². The van der Waals surface area contributed by atoms with Gasteiger partial charge in [0.2, 0.25) is 0 Å². The number of para-hydroxylation sites is 1. The third-order valence-corrected chi connectivity index (χ3v) is 6.79. The summed E-state index contributed by atoms with van der Waals surface area (Å²) in [6.07, 6.45) is 1.82. The van der Waals surface area contributed by atoms with Crippen molar-refractivity contribution in [2.24, 2.45) is 4.99 Å². The number of carboxylic acid groups (broad SMARTS) is 1. The third kappa shape index (κ3) is 5.85. The van der Waals surface area contributed by atoms with Crippen LogP contribution in [-0.2, 0) is 11.4 Å².